The molecule has 0 aliphatic rings. The summed E-state index contributed by atoms with van der Waals surface area (Å²) in [6.45, 7) is 11.5. The van der Waals surface area contributed by atoms with Gasteiger partial charge in [0.15, 0.2) is 0 Å². The van der Waals surface area contributed by atoms with Crippen LogP contribution in [-0.4, -0.2) is 13.1 Å². The zero-order valence-electron chi connectivity index (χ0n) is 12.0. The first-order chi connectivity index (χ1) is 7.74. The highest BCUT2D eigenvalue weighted by Gasteiger charge is 2.09. The second-order valence-corrected chi connectivity index (χ2v) is 5.27. The summed E-state index contributed by atoms with van der Waals surface area (Å²) < 4.78 is 0. The SMILES string of the molecule is CCCC(C)CCC(CCC)CCNCC. The first kappa shape index (κ1) is 16.0. The van der Waals surface area contributed by atoms with Crippen LogP contribution in [0.15, 0.2) is 0 Å². The third kappa shape index (κ3) is 9.21. The maximum atomic E-state index is 3.45. The molecule has 1 nitrogen and oxygen atoms in total. The lowest BCUT2D eigenvalue weighted by Crippen LogP contribution is -2.18. The summed E-state index contributed by atoms with van der Waals surface area (Å²) >= 11 is 0. The van der Waals surface area contributed by atoms with Crippen molar-refractivity contribution < 1.29 is 0 Å². The second-order valence-electron chi connectivity index (χ2n) is 5.27. The summed E-state index contributed by atoms with van der Waals surface area (Å²) in [5, 5.41) is 3.45. The van der Waals surface area contributed by atoms with Gasteiger partial charge in [0.05, 0.1) is 0 Å². The minimum absolute atomic E-state index is 0.934. The maximum Gasteiger partial charge on any atom is -0.00464 e. The quantitative estimate of drug-likeness (QED) is 0.508. The standard InChI is InChI=1S/C15H33N/c1-5-8-14(4)10-11-15(9-6-2)12-13-16-7-3/h14-16H,5-13H2,1-4H3. The topological polar surface area (TPSA) is 12.0 Å². The molecule has 0 aromatic carbocycles. The minimum Gasteiger partial charge on any atom is -0.317 e. The van der Waals surface area contributed by atoms with E-state index in [1.54, 1.807) is 0 Å². The van der Waals surface area contributed by atoms with Crippen LogP contribution in [0.3, 0.4) is 0 Å². The Morgan fingerprint density at radius 1 is 0.812 bits per heavy atom. The molecule has 0 aromatic rings. The molecule has 0 radical (unpaired) electrons. The fourth-order valence-electron chi connectivity index (χ4n) is 2.48. The normalized spacial score (nSPS) is 15.0. The maximum absolute atomic E-state index is 3.45. The van der Waals surface area contributed by atoms with Crippen LogP contribution in [0.5, 0.6) is 0 Å². The fourth-order valence-corrected chi connectivity index (χ4v) is 2.48. The van der Waals surface area contributed by atoms with Crippen LogP contribution in [0.1, 0.15) is 72.6 Å². The summed E-state index contributed by atoms with van der Waals surface area (Å²) in [7, 11) is 0. The van der Waals surface area contributed by atoms with Gasteiger partial charge in [-0.3, -0.25) is 0 Å². The molecule has 0 spiro atoms. The van der Waals surface area contributed by atoms with Gasteiger partial charge in [-0.25, -0.2) is 0 Å². The number of hydrogen-bond acceptors (Lipinski definition) is 1. The molecule has 0 amide bonds. The van der Waals surface area contributed by atoms with Crippen molar-refractivity contribution in [1.29, 1.82) is 0 Å². The molecule has 0 saturated heterocycles. The van der Waals surface area contributed by atoms with Gasteiger partial charge in [-0.2, -0.15) is 0 Å². The van der Waals surface area contributed by atoms with Crippen molar-refractivity contribution in [3.05, 3.63) is 0 Å². The Balaban J connectivity index is 3.65. The number of rotatable bonds is 11. The van der Waals surface area contributed by atoms with Gasteiger partial charge in [0, 0.05) is 0 Å². The van der Waals surface area contributed by atoms with Crippen molar-refractivity contribution in [3.63, 3.8) is 0 Å². The Bertz CT molecular complexity index is 133. The van der Waals surface area contributed by atoms with Crippen molar-refractivity contribution in [1.82, 2.24) is 5.32 Å². The Morgan fingerprint density at radius 2 is 1.50 bits per heavy atom. The summed E-state index contributed by atoms with van der Waals surface area (Å²) in [6.07, 6.45) is 9.78. The van der Waals surface area contributed by atoms with E-state index in [0.29, 0.717) is 0 Å². The van der Waals surface area contributed by atoms with Crippen LogP contribution in [-0.2, 0) is 0 Å². The highest BCUT2D eigenvalue weighted by atomic mass is 14.8. The molecule has 0 rings (SSSR count). The molecular formula is C15H33N. The first-order valence-electron chi connectivity index (χ1n) is 7.45. The van der Waals surface area contributed by atoms with Crippen LogP contribution in [0.25, 0.3) is 0 Å². The predicted octanol–water partition coefficient (Wildman–Crippen LogP) is 4.62. The van der Waals surface area contributed by atoms with Crippen LogP contribution in [0, 0.1) is 11.8 Å². The van der Waals surface area contributed by atoms with E-state index in [9.17, 15) is 0 Å². The van der Waals surface area contributed by atoms with Gasteiger partial charge >= 0.3 is 0 Å². The molecule has 0 aliphatic carbocycles. The molecule has 2 unspecified atom stereocenters. The molecule has 0 fully saturated rings. The van der Waals surface area contributed by atoms with Crippen molar-refractivity contribution in [2.45, 2.75) is 72.6 Å². The van der Waals surface area contributed by atoms with E-state index in [0.717, 1.165) is 18.4 Å². The van der Waals surface area contributed by atoms with Gasteiger partial charge in [0.25, 0.3) is 0 Å². The average Bonchev–Trinajstić information content (AvgIpc) is 2.26. The van der Waals surface area contributed by atoms with Crippen molar-refractivity contribution in [2.24, 2.45) is 11.8 Å². The van der Waals surface area contributed by atoms with Gasteiger partial charge in [-0.15, -0.1) is 0 Å². The van der Waals surface area contributed by atoms with E-state index in [-0.39, 0.29) is 0 Å². The minimum atomic E-state index is 0.934. The van der Waals surface area contributed by atoms with Crippen LogP contribution < -0.4 is 5.32 Å². The molecule has 1 heteroatoms. The molecule has 2 atom stereocenters. The Labute approximate surface area is 103 Å². The molecule has 0 aromatic heterocycles. The van der Waals surface area contributed by atoms with E-state index >= 15 is 0 Å². The average molecular weight is 227 g/mol. The Hall–Kier alpha value is -0.0400. The zero-order valence-corrected chi connectivity index (χ0v) is 12.0. The van der Waals surface area contributed by atoms with Crippen LogP contribution in [0.2, 0.25) is 0 Å². The highest BCUT2D eigenvalue weighted by molar-refractivity contribution is 4.63. The molecule has 98 valence electrons. The van der Waals surface area contributed by atoms with Gasteiger partial charge < -0.3 is 5.32 Å². The monoisotopic (exact) mass is 227 g/mol. The van der Waals surface area contributed by atoms with E-state index < -0.39 is 0 Å². The molecule has 1 N–H and O–H groups in total. The first-order valence-corrected chi connectivity index (χ1v) is 7.45. The Kier molecular flexibility index (Phi) is 11.4. The van der Waals surface area contributed by atoms with Crippen LogP contribution in [0.4, 0.5) is 0 Å². The highest BCUT2D eigenvalue weighted by Crippen LogP contribution is 2.22. The lowest BCUT2D eigenvalue weighted by Gasteiger charge is -2.18. The third-order valence-corrected chi connectivity index (χ3v) is 3.53. The lowest BCUT2D eigenvalue weighted by molar-refractivity contribution is 0.352. The predicted molar refractivity (Wildman–Crippen MR) is 74.9 cm³/mol. The smallest absolute Gasteiger partial charge is 0.00464 e. The molecular weight excluding hydrogens is 194 g/mol. The van der Waals surface area contributed by atoms with Gasteiger partial charge in [0.1, 0.15) is 0 Å². The van der Waals surface area contributed by atoms with Crippen molar-refractivity contribution >= 4 is 0 Å². The van der Waals surface area contributed by atoms with E-state index in [1.165, 1.54) is 51.5 Å². The Morgan fingerprint density at radius 3 is 2.06 bits per heavy atom. The van der Waals surface area contributed by atoms with Gasteiger partial charge in [-0.05, 0) is 31.3 Å². The molecule has 0 bridgehead atoms. The molecule has 0 saturated carbocycles. The largest absolute Gasteiger partial charge is 0.317 e. The zero-order chi connectivity index (χ0) is 12.2. The lowest BCUT2D eigenvalue weighted by atomic mass is 9.89. The van der Waals surface area contributed by atoms with Gasteiger partial charge in [-0.1, -0.05) is 66.2 Å². The second kappa shape index (κ2) is 11.4. The van der Waals surface area contributed by atoms with Crippen molar-refractivity contribution in [3.8, 4) is 0 Å². The fraction of sp³-hybridized carbons (Fsp3) is 1.00. The van der Waals surface area contributed by atoms with E-state index in [4.69, 9.17) is 0 Å². The third-order valence-electron chi connectivity index (χ3n) is 3.53. The summed E-state index contributed by atoms with van der Waals surface area (Å²) in [5.41, 5.74) is 0. The summed E-state index contributed by atoms with van der Waals surface area (Å²) in [5.74, 6) is 1.90. The van der Waals surface area contributed by atoms with Crippen molar-refractivity contribution in [2.75, 3.05) is 13.1 Å². The summed E-state index contributed by atoms with van der Waals surface area (Å²) in [6, 6.07) is 0. The van der Waals surface area contributed by atoms with Crippen LogP contribution >= 0.6 is 0 Å². The molecule has 16 heavy (non-hydrogen) atoms. The summed E-state index contributed by atoms with van der Waals surface area (Å²) in [4.78, 5) is 0. The number of nitrogens with one attached hydrogen (secondary N) is 1. The van der Waals surface area contributed by atoms with Gasteiger partial charge in [0.2, 0.25) is 0 Å². The van der Waals surface area contributed by atoms with E-state index in [1.807, 2.05) is 0 Å². The molecule has 0 heterocycles. The molecule has 0 aliphatic heterocycles. The number of hydrogen-bond donors (Lipinski definition) is 1. The van der Waals surface area contributed by atoms with E-state index in [2.05, 4.69) is 33.0 Å².